The molecule has 13 heteroatoms. The Labute approximate surface area is 193 Å². The van der Waals surface area contributed by atoms with Crippen LogP contribution in [0, 0.1) is 0 Å². The van der Waals surface area contributed by atoms with E-state index in [0.29, 0.717) is 11.3 Å². The first-order chi connectivity index (χ1) is 16.5. The fourth-order valence-electron chi connectivity index (χ4n) is 3.12. The van der Waals surface area contributed by atoms with E-state index in [1.54, 1.807) is 12.1 Å². The van der Waals surface area contributed by atoms with Gasteiger partial charge in [-0.3, -0.25) is 4.79 Å². The van der Waals surface area contributed by atoms with Crippen molar-refractivity contribution in [3.63, 3.8) is 0 Å². The van der Waals surface area contributed by atoms with E-state index in [1.165, 1.54) is 24.1 Å². The van der Waals surface area contributed by atoms with Crippen LogP contribution in [0.15, 0.2) is 58.3 Å². The molecule has 2 heterocycles. The molecule has 0 aliphatic carbocycles. The number of para-hydroxylation sites is 1. The van der Waals surface area contributed by atoms with Gasteiger partial charge in [0.05, 0.1) is 25.6 Å². The minimum absolute atomic E-state index is 0.000212. The van der Waals surface area contributed by atoms with Crippen molar-refractivity contribution < 1.29 is 19.3 Å². The standard InChI is InChI=1S/C21H21N9O4/c1-29(14-6-4-3-5-7-14)12-15-18(24-28-30(15)20-19(22)26-34-27-20)21(32)25-23-11-13-8-9-16(31)17(10-13)33-2/h3-11,31H,12H2,1-2H3,(H2,22,26)(H,25,32)/b23-11-. The lowest BCUT2D eigenvalue weighted by molar-refractivity contribution is 0.0949. The van der Waals surface area contributed by atoms with Crippen LogP contribution < -0.4 is 20.8 Å². The van der Waals surface area contributed by atoms with Crippen LogP contribution in [-0.4, -0.2) is 56.7 Å². The number of carbonyl (C=O) groups is 1. The fraction of sp³-hybridized carbons (Fsp3) is 0.143. The van der Waals surface area contributed by atoms with Crippen LogP contribution in [0.2, 0.25) is 0 Å². The highest BCUT2D eigenvalue weighted by atomic mass is 16.6. The number of phenols is 1. The summed E-state index contributed by atoms with van der Waals surface area (Å²) >= 11 is 0. The Morgan fingerprint density at radius 3 is 2.79 bits per heavy atom. The van der Waals surface area contributed by atoms with E-state index < -0.39 is 5.91 Å². The number of hydrogen-bond acceptors (Lipinski definition) is 11. The van der Waals surface area contributed by atoms with Gasteiger partial charge in [-0.05, 0) is 46.2 Å². The summed E-state index contributed by atoms with van der Waals surface area (Å²) in [5.74, 6) is -0.209. The van der Waals surface area contributed by atoms with Gasteiger partial charge in [-0.2, -0.15) is 9.78 Å². The molecule has 1 amide bonds. The Morgan fingerprint density at radius 2 is 2.09 bits per heavy atom. The number of nitrogen functional groups attached to an aromatic ring is 1. The van der Waals surface area contributed by atoms with E-state index in [-0.39, 0.29) is 35.4 Å². The minimum atomic E-state index is -0.597. The lowest BCUT2D eigenvalue weighted by atomic mass is 10.2. The van der Waals surface area contributed by atoms with Gasteiger partial charge in [-0.25, -0.2) is 10.1 Å². The molecule has 4 N–H and O–H groups in total. The second-order valence-corrected chi connectivity index (χ2v) is 7.09. The van der Waals surface area contributed by atoms with Gasteiger partial charge in [-0.15, -0.1) is 5.10 Å². The van der Waals surface area contributed by atoms with Gasteiger partial charge in [0, 0.05) is 12.7 Å². The SMILES string of the molecule is COc1cc(/C=N\NC(=O)c2nnn(-c3nonc3N)c2CN(C)c2ccccc2)ccc1O. The van der Waals surface area contributed by atoms with Crippen LogP contribution in [-0.2, 0) is 6.54 Å². The Morgan fingerprint density at radius 1 is 1.29 bits per heavy atom. The molecule has 0 aliphatic rings. The van der Waals surface area contributed by atoms with E-state index in [0.717, 1.165) is 5.69 Å². The summed E-state index contributed by atoms with van der Waals surface area (Å²) in [5.41, 5.74) is 10.2. The number of ether oxygens (including phenoxy) is 1. The third kappa shape index (κ3) is 4.62. The Hall–Kier alpha value is -4.94. The van der Waals surface area contributed by atoms with E-state index in [4.69, 9.17) is 10.5 Å². The predicted molar refractivity (Wildman–Crippen MR) is 122 cm³/mol. The molecule has 4 rings (SSSR count). The number of rotatable bonds is 8. The highest BCUT2D eigenvalue weighted by Gasteiger charge is 2.25. The van der Waals surface area contributed by atoms with Gasteiger partial charge in [-0.1, -0.05) is 23.4 Å². The molecule has 0 saturated heterocycles. The predicted octanol–water partition coefficient (Wildman–Crippen LogP) is 1.35. The molecular formula is C21H21N9O4. The van der Waals surface area contributed by atoms with E-state index >= 15 is 0 Å². The number of carbonyl (C=O) groups excluding carboxylic acids is 1. The van der Waals surface area contributed by atoms with Gasteiger partial charge < -0.3 is 20.5 Å². The summed E-state index contributed by atoms with van der Waals surface area (Å²) in [6.45, 7) is 0.241. The van der Waals surface area contributed by atoms with E-state index in [9.17, 15) is 9.90 Å². The summed E-state index contributed by atoms with van der Waals surface area (Å²) < 4.78 is 11.0. The van der Waals surface area contributed by atoms with Crippen LogP contribution in [0.25, 0.3) is 5.82 Å². The summed E-state index contributed by atoms with van der Waals surface area (Å²) in [6, 6.07) is 14.2. The lowest BCUT2D eigenvalue weighted by Gasteiger charge is -2.19. The molecule has 0 atom stereocenters. The largest absolute Gasteiger partial charge is 0.504 e. The molecule has 0 aliphatic heterocycles. The van der Waals surface area contributed by atoms with Crippen LogP contribution in [0.4, 0.5) is 11.5 Å². The Kier molecular flexibility index (Phi) is 6.34. The number of aromatic hydroxyl groups is 1. The van der Waals surface area contributed by atoms with Crippen molar-refractivity contribution in [3.8, 4) is 17.3 Å². The number of hydrogen-bond donors (Lipinski definition) is 3. The number of nitrogens with one attached hydrogen (secondary N) is 1. The molecule has 0 spiro atoms. The van der Waals surface area contributed by atoms with E-state index in [1.807, 2.05) is 42.3 Å². The normalized spacial score (nSPS) is 11.0. The van der Waals surface area contributed by atoms with Gasteiger partial charge in [0.2, 0.25) is 11.6 Å². The maximum absolute atomic E-state index is 12.9. The van der Waals surface area contributed by atoms with Crippen molar-refractivity contribution >= 4 is 23.6 Å². The molecule has 13 nitrogen and oxygen atoms in total. The summed E-state index contributed by atoms with van der Waals surface area (Å²) in [5, 5.41) is 29.0. The highest BCUT2D eigenvalue weighted by Crippen LogP contribution is 2.25. The molecule has 34 heavy (non-hydrogen) atoms. The first kappa shape index (κ1) is 22.3. The van der Waals surface area contributed by atoms with Gasteiger partial charge in [0.15, 0.2) is 17.2 Å². The molecule has 2 aromatic heterocycles. The number of nitrogens with zero attached hydrogens (tertiary/aromatic N) is 7. The van der Waals surface area contributed by atoms with Crippen molar-refractivity contribution in [1.29, 1.82) is 0 Å². The second-order valence-electron chi connectivity index (χ2n) is 7.09. The third-order valence-electron chi connectivity index (χ3n) is 4.84. The van der Waals surface area contributed by atoms with Crippen molar-refractivity contribution in [3.05, 3.63) is 65.5 Å². The molecule has 0 saturated carbocycles. The van der Waals surface area contributed by atoms with Crippen LogP contribution in [0.3, 0.4) is 0 Å². The molecule has 0 unspecified atom stereocenters. The first-order valence-corrected chi connectivity index (χ1v) is 9.97. The number of aromatic nitrogens is 5. The highest BCUT2D eigenvalue weighted by molar-refractivity contribution is 5.94. The second kappa shape index (κ2) is 9.68. The van der Waals surface area contributed by atoms with Crippen molar-refractivity contribution in [2.45, 2.75) is 6.54 Å². The van der Waals surface area contributed by atoms with Gasteiger partial charge in [0.1, 0.15) is 0 Å². The molecular weight excluding hydrogens is 442 g/mol. The van der Waals surface area contributed by atoms with Crippen molar-refractivity contribution in [1.82, 2.24) is 30.7 Å². The minimum Gasteiger partial charge on any atom is -0.504 e. The molecule has 2 aromatic carbocycles. The Balaban J connectivity index is 1.60. The topological polar surface area (TPSA) is 170 Å². The van der Waals surface area contributed by atoms with Crippen molar-refractivity contribution in [2.24, 2.45) is 5.10 Å². The number of hydrazone groups is 1. The number of benzene rings is 2. The fourth-order valence-corrected chi connectivity index (χ4v) is 3.12. The number of methoxy groups -OCH3 is 1. The maximum atomic E-state index is 12.9. The monoisotopic (exact) mass is 463 g/mol. The zero-order chi connectivity index (χ0) is 24.1. The smallest absolute Gasteiger partial charge is 0.293 e. The van der Waals surface area contributed by atoms with E-state index in [2.05, 4.69) is 35.8 Å². The summed E-state index contributed by atoms with van der Waals surface area (Å²) in [6.07, 6.45) is 1.40. The zero-order valence-corrected chi connectivity index (χ0v) is 18.3. The molecule has 0 radical (unpaired) electrons. The average molecular weight is 463 g/mol. The molecule has 4 aromatic rings. The number of anilines is 2. The maximum Gasteiger partial charge on any atom is 0.293 e. The molecule has 0 fully saturated rings. The molecule has 0 bridgehead atoms. The number of phenolic OH excluding ortho intramolecular Hbond substituents is 1. The van der Waals surface area contributed by atoms with Crippen LogP contribution in [0.1, 0.15) is 21.7 Å². The van der Waals surface area contributed by atoms with Gasteiger partial charge >= 0.3 is 0 Å². The zero-order valence-electron chi connectivity index (χ0n) is 18.3. The third-order valence-corrected chi connectivity index (χ3v) is 4.84. The lowest BCUT2D eigenvalue weighted by Crippen LogP contribution is -2.24. The number of nitrogens with two attached hydrogens (primary N) is 1. The van der Waals surface area contributed by atoms with Crippen molar-refractivity contribution in [2.75, 3.05) is 24.8 Å². The summed E-state index contributed by atoms with van der Waals surface area (Å²) in [4.78, 5) is 14.8. The Bertz CT molecular complexity index is 1320. The quantitative estimate of drug-likeness (QED) is 0.256. The van der Waals surface area contributed by atoms with Crippen LogP contribution >= 0.6 is 0 Å². The van der Waals surface area contributed by atoms with Crippen LogP contribution in [0.5, 0.6) is 11.5 Å². The average Bonchev–Trinajstić information content (AvgIpc) is 3.46. The number of amides is 1. The molecule has 174 valence electrons. The van der Waals surface area contributed by atoms with Gasteiger partial charge in [0.25, 0.3) is 5.91 Å². The first-order valence-electron chi connectivity index (χ1n) is 9.97. The summed E-state index contributed by atoms with van der Waals surface area (Å²) in [7, 11) is 3.29.